The van der Waals surface area contributed by atoms with Crippen molar-refractivity contribution >= 4 is 27.0 Å². The fraction of sp³-hybridized carbons (Fsp3) is 0.429. The summed E-state index contributed by atoms with van der Waals surface area (Å²) >= 11 is 0. The molecule has 2 aromatic heterocycles. The van der Waals surface area contributed by atoms with Gasteiger partial charge in [-0.25, -0.2) is 8.42 Å². The van der Waals surface area contributed by atoms with E-state index in [9.17, 15) is 18.5 Å². The zero-order chi connectivity index (χ0) is 22.9. The molecule has 1 aliphatic rings. The fourth-order valence-corrected chi connectivity index (χ4v) is 5.81. The average molecular weight is 459 g/mol. The quantitative estimate of drug-likeness (QED) is 0.395. The van der Waals surface area contributed by atoms with Gasteiger partial charge in [-0.1, -0.05) is 19.9 Å². The van der Waals surface area contributed by atoms with Crippen LogP contribution in [0, 0.1) is 10.1 Å². The number of pyridine rings is 1. The Kier molecular flexibility index (Phi) is 6.11. The normalized spacial score (nSPS) is 17.2. The van der Waals surface area contributed by atoms with E-state index in [4.69, 9.17) is 0 Å². The first kappa shape index (κ1) is 22.2. The van der Waals surface area contributed by atoms with E-state index < -0.39 is 14.9 Å². The maximum atomic E-state index is 12.9. The van der Waals surface area contributed by atoms with Crippen molar-refractivity contribution in [1.29, 1.82) is 0 Å². The predicted molar refractivity (Wildman–Crippen MR) is 120 cm³/mol. The number of nitro groups is 1. The van der Waals surface area contributed by atoms with Crippen molar-refractivity contribution in [3.63, 3.8) is 0 Å². The number of benzene rings is 1. The zero-order valence-corrected chi connectivity index (χ0v) is 18.9. The molecule has 0 N–H and O–H groups in total. The zero-order valence-electron chi connectivity index (χ0n) is 18.1. The number of sulfonamides is 1. The Labute approximate surface area is 186 Å². The van der Waals surface area contributed by atoms with Crippen LogP contribution in [-0.4, -0.2) is 58.4 Å². The van der Waals surface area contributed by atoms with Crippen LogP contribution in [0.3, 0.4) is 0 Å². The highest BCUT2D eigenvalue weighted by molar-refractivity contribution is 7.89. The molecule has 3 aromatic rings. The van der Waals surface area contributed by atoms with Crippen molar-refractivity contribution in [3.05, 3.63) is 58.5 Å². The van der Waals surface area contributed by atoms with Crippen molar-refractivity contribution < 1.29 is 13.3 Å². The number of fused-ring (bicyclic) bond motifs is 1. The Morgan fingerprint density at radius 3 is 2.69 bits per heavy atom. The summed E-state index contributed by atoms with van der Waals surface area (Å²) in [6.45, 7) is 5.27. The number of rotatable bonds is 7. The van der Waals surface area contributed by atoms with E-state index in [1.54, 1.807) is 19.9 Å². The highest BCUT2D eigenvalue weighted by atomic mass is 32.2. The van der Waals surface area contributed by atoms with E-state index in [0.717, 1.165) is 24.3 Å². The van der Waals surface area contributed by atoms with Gasteiger partial charge in [-0.3, -0.25) is 14.5 Å². The number of piperidine rings is 1. The lowest BCUT2D eigenvalue weighted by atomic mass is 9.96. The number of aromatic nitrogens is 3. The van der Waals surface area contributed by atoms with Crippen LogP contribution >= 0.6 is 0 Å². The van der Waals surface area contributed by atoms with Crippen LogP contribution in [0.4, 0.5) is 11.4 Å². The topological polar surface area (TPSA) is 114 Å². The van der Waals surface area contributed by atoms with Gasteiger partial charge >= 0.3 is 0 Å². The molecule has 0 spiro atoms. The molecule has 1 fully saturated rings. The van der Waals surface area contributed by atoms with Crippen molar-refractivity contribution in [2.24, 2.45) is 0 Å². The van der Waals surface area contributed by atoms with Gasteiger partial charge in [0.05, 0.1) is 9.82 Å². The third kappa shape index (κ3) is 3.93. The SMILES string of the molecule is CCN(CC)S(=O)(=O)c1ccc(N2CCCC(c3nnc4ccccn34)C2)c([N+](=O)[O-])c1. The number of nitrogens with zero attached hydrogens (tertiary/aromatic N) is 6. The Bertz CT molecular complexity index is 1240. The second-order valence-corrected chi connectivity index (χ2v) is 9.71. The molecule has 10 nitrogen and oxygen atoms in total. The van der Waals surface area contributed by atoms with E-state index in [1.165, 1.54) is 16.4 Å². The van der Waals surface area contributed by atoms with Crippen molar-refractivity contribution in [2.45, 2.75) is 37.5 Å². The smallest absolute Gasteiger partial charge is 0.293 e. The molecular weight excluding hydrogens is 432 g/mol. The van der Waals surface area contributed by atoms with Crippen LogP contribution in [0.1, 0.15) is 38.4 Å². The first-order chi connectivity index (χ1) is 15.4. The molecule has 0 aliphatic carbocycles. The molecule has 1 aliphatic heterocycles. The maximum Gasteiger partial charge on any atom is 0.293 e. The number of hydrogen-bond acceptors (Lipinski definition) is 7. The van der Waals surface area contributed by atoms with E-state index in [1.807, 2.05) is 33.7 Å². The van der Waals surface area contributed by atoms with Crippen LogP contribution in [0.5, 0.6) is 0 Å². The van der Waals surface area contributed by atoms with Gasteiger partial charge < -0.3 is 4.90 Å². The lowest BCUT2D eigenvalue weighted by Crippen LogP contribution is -2.35. The molecule has 1 atom stereocenters. The number of hydrogen-bond donors (Lipinski definition) is 0. The van der Waals surface area contributed by atoms with Crippen molar-refractivity contribution in [3.8, 4) is 0 Å². The molecule has 170 valence electrons. The van der Waals surface area contributed by atoms with Gasteiger partial charge in [0.25, 0.3) is 5.69 Å². The van der Waals surface area contributed by atoms with Crippen LogP contribution in [0.15, 0.2) is 47.5 Å². The molecule has 0 radical (unpaired) electrons. The molecule has 1 saturated heterocycles. The third-order valence-electron chi connectivity index (χ3n) is 5.95. The summed E-state index contributed by atoms with van der Waals surface area (Å²) in [5.41, 5.74) is 0.980. The fourth-order valence-electron chi connectivity index (χ4n) is 4.33. The molecule has 3 heterocycles. The van der Waals surface area contributed by atoms with E-state index in [2.05, 4.69) is 10.2 Å². The van der Waals surface area contributed by atoms with Gasteiger partial charge in [0.1, 0.15) is 11.5 Å². The van der Waals surface area contributed by atoms with E-state index >= 15 is 0 Å². The van der Waals surface area contributed by atoms with Gasteiger partial charge in [-0.15, -0.1) is 10.2 Å². The highest BCUT2D eigenvalue weighted by Gasteiger charge is 2.31. The van der Waals surface area contributed by atoms with Crippen molar-refractivity contribution in [2.75, 3.05) is 31.1 Å². The first-order valence-electron chi connectivity index (χ1n) is 10.7. The van der Waals surface area contributed by atoms with Gasteiger partial charge in [-0.05, 0) is 37.1 Å². The minimum absolute atomic E-state index is 0.0554. The standard InChI is InChI=1S/C21H26N6O4S/c1-3-25(4-2)32(30,31)17-10-11-18(19(14-17)27(28)29)24-12-7-8-16(15-24)21-23-22-20-9-5-6-13-26(20)21/h5-6,9-11,13-14,16H,3-4,7-8,12,15H2,1-2H3. The van der Waals surface area contributed by atoms with Crippen LogP contribution < -0.4 is 4.90 Å². The molecule has 1 aromatic carbocycles. The summed E-state index contributed by atoms with van der Waals surface area (Å²) in [5.74, 6) is 0.883. The Hall–Kier alpha value is -3.05. The molecule has 11 heteroatoms. The molecule has 0 saturated carbocycles. The molecule has 0 bridgehead atoms. The van der Waals surface area contributed by atoms with Crippen molar-refractivity contribution in [1.82, 2.24) is 18.9 Å². The lowest BCUT2D eigenvalue weighted by Gasteiger charge is -2.33. The summed E-state index contributed by atoms with van der Waals surface area (Å²) in [6, 6.07) is 9.90. The second-order valence-electron chi connectivity index (χ2n) is 7.77. The van der Waals surface area contributed by atoms with Gasteiger partial charge in [0, 0.05) is 44.4 Å². The first-order valence-corrected chi connectivity index (χ1v) is 12.1. The number of nitro benzene ring substituents is 1. The predicted octanol–water partition coefficient (Wildman–Crippen LogP) is 3.05. The Morgan fingerprint density at radius 1 is 1.19 bits per heavy atom. The summed E-state index contributed by atoms with van der Waals surface area (Å²) in [6.07, 6.45) is 3.65. The average Bonchev–Trinajstić information content (AvgIpc) is 3.23. The molecular formula is C21H26N6O4S. The molecule has 4 rings (SSSR count). The molecule has 32 heavy (non-hydrogen) atoms. The summed E-state index contributed by atoms with van der Waals surface area (Å²) < 4.78 is 29.0. The van der Waals surface area contributed by atoms with Crippen LogP contribution in [-0.2, 0) is 10.0 Å². The minimum atomic E-state index is -3.79. The number of anilines is 1. The third-order valence-corrected chi connectivity index (χ3v) is 8.00. The van der Waals surface area contributed by atoms with Gasteiger partial charge in [-0.2, -0.15) is 4.31 Å². The van der Waals surface area contributed by atoms with Gasteiger partial charge in [0.15, 0.2) is 5.65 Å². The largest absolute Gasteiger partial charge is 0.365 e. The second kappa shape index (κ2) is 8.83. The van der Waals surface area contributed by atoms with Crippen LogP contribution in [0.2, 0.25) is 0 Å². The van der Waals surface area contributed by atoms with Gasteiger partial charge in [0.2, 0.25) is 10.0 Å². The minimum Gasteiger partial charge on any atom is -0.365 e. The van der Waals surface area contributed by atoms with Crippen LogP contribution in [0.25, 0.3) is 5.65 Å². The molecule has 1 unspecified atom stereocenters. The highest BCUT2D eigenvalue weighted by Crippen LogP contribution is 2.36. The molecule has 0 amide bonds. The maximum absolute atomic E-state index is 12.9. The summed E-state index contributed by atoms with van der Waals surface area (Å²) in [4.78, 5) is 13.3. The lowest BCUT2D eigenvalue weighted by molar-refractivity contribution is -0.384. The summed E-state index contributed by atoms with van der Waals surface area (Å²) in [7, 11) is -3.79. The Morgan fingerprint density at radius 2 is 1.97 bits per heavy atom. The Balaban J connectivity index is 1.67. The van der Waals surface area contributed by atoms with E-state index in [0.29, 0.717) is 31.9 Å². The monoisotopic (exact) mass is 458 g/mol. The van der Waals surface area contributed by atoms with E-state index in [-0.39, 0.29) is 16.5 Å². The summed E-state index contributed by atoms with van der Waals surface area (Å²) in [5, 5.41) is 20.5.